The van der Waals surface area contributed by atoms with E-state index in [4.69, 9.17) is 9.47 Å². The normalized spacial score (nSPS) is 9.95. The highest BCUT2D eigenvalue weighted by atomic mass is 16.5. The van der Waals surface area contributed by atoms with Crippen molar-refractivity contribution in [1.82, 2.24) is 4.90 Å². The average molecular weight is 266 g/mol. The Labute approximate surface area is 114 Å². The Morgan fingerprint density at radius 2 is 1.68 bits per heavy atom. The van der Waals surface area contributed by atoms with E-state index in [1.54, 1.807) is 25.2 Å². The first-order valence-corrected chi connectivity index (χ1v) is 6.35. The Morgan fingerprint density at radius 3 is 2.16 bits per heavy atom. The molecule has 0 aliphatic carbocycles. The number of methoxy groups -OCH3 is 2. The number of ether oxygens (including phenoxy) is 2. The summed E-state index contributed by atoms with van der Waals surface area (Å²) in [6.07, 6.45) is 0. The average Bonchev–Trinajstić information content (AvgIpc) is 2.41. The van der Waals surface area contributed by atoms with Gasteiger partial charge in [0.15, 0.2) is 11.5 Å². The fourth-order valence-electron chi connectivity index (χ4n) is 1.82. The molecule has 106 valence electrons. The highest BCUT2D eigenvalue weighted by Gasteiger charge is 2.13. The van der Waals surface area contributed by atoms with E-state index < -0.39 is 0 Å². The summed E-state index contributed by atoms with van der Waals surface area (Å²) < 4.78 is 10.5. The number of amides is 2. The second-order valence-corrected chi connectivity index (χ2v) is 4.12. The number of benzene rings is 1. The van der Waals surface area contributed by atoms with Crippen LogP contribution in [0, 0.1) is 6.92 Å². The van der Waals surface area contributed by atoms with Crippen molar-refractivity contribution in [3.8, 4) is 11.5 Å². The van der Waals surface area contributed by atoms with Crippen molar-refractivity contribution in [2.75, 3.05) is 32.6 Å². The number of carbonyl (C=O) groups excluding carboxylic acids is 1. The summed E-state index contributed by atoms with van der Waals surface area (Å²) in [5.41, 5.74) is 1.66. The summed E-state index contributed by atoms with van der Waals surface area (Å²) >= 11 is 0. The molecular formula is C14H22N2O3. The minimum absolute atomic E-state index is 0.111. The van der Waals surface area contributed by atoms with E-state index in [0.717, 1.165) is 11.3 Å². The largest absolute Gasteiger partial charge is 0.493 e. The number of nitrogens with zero attached hydrogens (tertiary/aromatic N) is 1. The zero-order valence-electron chi connectivity index (χ0n) is 12.2. The van der Waals surface area contributed by atoms with Gasteiger partial charge in [0.25, 0.3) is 0 Å². The fourth-order valence-corrected chi connectivity index (χ4v) is 1.82. The molecule has 2 amide bonds. The van der Waals surface area contributed by atoms with Crippen molar-refractivity contribution in [2.45, 2.75) is 20.8 Å². The first kappa shape index (κ1) is 15.1. The molecule has 0 aliphatic heterocycles. The van der Waals surface area contributed by atoms with Crippen LogP contribution in [0.25, 0.3) is 0 Å². The maximum Gasteiger partial charge on any atom is 0.321 e. The van der Waals surface area contributed by atoms with Gasteiger partial charge in [-0.1, -0.05) is 0 Å². The monoisotopic (exact) mass is 266 g/mol. The number of urea groups is 1. The first-order valence-electron chi connectivity index (χ1n) is 6.35. The van der Waals surface area contributed by atoms with Gasteiger partial charge in [0, 0.05) is 24.8 Å². The van der Waals surface area contributed by atoms with Crippen LogP contribution >= 0.6 is 0 Å². The minimum atomic E-state index is -0.111. The predicted molar refractivity (Wildman–Crippen MR) is 76.2 cm³/mol. The van der Waals surface area contributed by atoms with E-state index in [1.807, 2.05) is 26.8 Å². The molecule has 0 heterocycles. The van der Waals surface area contributed by atoms with Gasteiger partial charge in [0.1, 0.15) is 0 Å². The molecule has 0 bridgehead atoms. The molecule has 1 N–H and O–H groups in total. The molecule has 0 aromatic heterocycles. The van der Waals surface area contributed by atoms with Crippen molar-refractivity contribution in [2.24, 2.45) is 0 Å². The third-order valence-electron chi connectivity index (χ3n) is 3.02. The van der Waals surface area contributed by atoms with Crippen LogP contribution in [0.15, 0.2) is 12.1 Å². The van der Waals surface area contributed by atoms with Crippen LogP contribution in [0.3, 0.4) is 0 Å². The smallest absolute Gasteiger partial charge is 0.321 e. The highest BCUT2D eigenvalue weighted by molar-refractivity contribution is 5.90. The van der Waals surface area contributed by atoms with Gasteiger partial charge < -0.3 is 19.7 Å². The molecule has 5 heteroatoms. The summed E-state index contributed by atoms with van der Waals surface area (Å²) in [5, 5.41) is 2.89. The molecule has 0 unspecified atom stereocenters. The van der Waals surface area contributed by atoms with E-state index >= 15 is 0 Å². The van der Waals surface area contributed by atoms with Crippen molar-refractivity contribution in [3.05, 3.63) is 17.7 Å². The van der Waals surface area contributed by atoms with E-state index in [2.05, 4.69) is 5.32 Å². The molecule has 0 spiro atoms. The van der Waals surface area contributed by atoms with Crippen LogP contribution in [0.5, 0.6) is 11.5 Å². The van der Waals surface area contributed by atoms with Gasteiger partial charge in [0.2, 0.25) is 0 Å². The SMILES string of the molecule is CCN(CC)C(=O)Nc1cc(OC)c(OC)cc1C. The summed E-state index contributed by atoms with van der Waals surface area (Å²) in [5.74, 6) is 1.25. The Bertz CT molecular complexity index is 443. The van der Waals surface area contributed by atoms with Crippen molar-refractivity contribution < 1.29 is 14.3 Å². The molecule has 0 aliphatic rings. The van der Waals surface area contributed by atoms with Crippen molar-refractivity contribution in [3.63, 3.8) is 0 Å². The molecule has 0 radical (unpaired) electrons. The molecule has 1 aromatic rings. The third-order valence-corrected chi connectivity index (χ3v) is 3.02. The van der Waals surface area contributed by atoms with Crippen LogP contribution < -0.4 is 14.8 Å². The van der Waals surface area contributed by atoms with Gasteiger partial charge >= 0.3 is 6.03 Å². The van der Waals surface area contributed by atoms with Crippen LogP contribution in [-0.2, 0) is 0 Å². The number of hydrogen-bond donors (Lipinski definition) is 1. The second kappa shape index (κ2) is 6.87. The van der Waals surface area contributed by atoms with Crippen LogP contribution in [0.4, 0.5) is 10.5 Å². The summed E-state index contributed by atoms with van der Waals surface area (Å²) in [4.78, 5) is 13.7. The molecular weight excluding hydrogens is 244 g/mol. The van der Waals surface area contributed by atoms with Gasteiger partial charge in [0.05, 0.1) is 14.2 Å². The fraction of sp³-hybridized carbons (Fsp3) is 0.500. The number of anilines is 1. The molecule has 0 atom stereocenters. The Hall–Kier alpha value is -1.91. The van der Waals surface area contributed by atoms with E-state index in [1.165, 1.54) is 0 Å². The summed E-state index contributed by atoms with van der Waals surface area (Å²) in [6.45, 7) is 7.16. The van der Waals surface area contributed by atoms with Crippen LogP contribution in [0.2, 0.25) is 0 Å². The lowest BCUT2D eigenvalue weighted by Gasteiger charge is -2.20. The molecule has 0 fully saturated rings. The zero-order valence-corrected chi connectivity index (χ0v) is 12.2. The molecule has 1 rings (SSSR count). The molecule has 5 nitrogen and oxygen atoms in total. The highest BCUT2D eigenvalue weighted by Crippen LogP contribution is 2.32. The van der Waals surface area contributed by atoms with Crippen LogP contribution in [-0.4, -0.2) is 38.2 Å². The third kappa shape index (κ3) is 3.53. The number of aryl methyl sites for hydroxylation is 1. The van der Waals surface area contributed by atoms with E-state index in [0.29, 0.717) is 24.6 Å². The topological polar surface area (TPSA) is 50.8 Å². The Morgan fingerprint density at radius 1 is 1.16 bits per heavy atom. The zero-order chi connectivity index (χ0) is 14.4. The molecule has 0 saturated carbocycles. The van der Waals surface area contributed by atoms with Gasteiger partial charge in [-0.15, -0.1) is 0 Å². The van der Waals surface area contributed by atoms with Gasteiger partial charge in [-0.3, -0.25) is 0 Å². The molecule has 1 aromatic carbocycles. The molecule has 0 saturated heterocycles. The standard InChI is InChI=1S/C14H22N2O3/c1-6-16(7-2)14(17)15-11-9-13(19-5)12(18-4)8-10(11)3/h8-9H,6-7H2,1-5H3,(H,15,17). The number of rotatable bonds is 5. The number of carbonyl (C=O) groups is 1. The van der Waals surface area contributed by atoms with Crippen LogP contribution in [0.1, 0.15) is 19.4 Å². The lowest BCUT2D eigenvalue weighted by Crippen LogP contribution is -2.34. The number of hydrogen-bond acceptors (Lipinski definition) is 3. The first-order chi connectivity index (χ1) is 9.07. The van der Waals surface area contributed by atoms with Gasteiger partial charge in [-0.2, -0.15) is 0 Å². The molecule has 19 heavy (non-hydrogen) atoms. The Balaban J connectivity index is 2.98. The second-order valence-electron chi connectivity index (χ2n) is 4.12. The maximum absolute atomic E-state index is 12.0. The van der Waals surface area contributed by atoms with Crippen molar-refractivity contribution >= 4 is 11.7 Å². The van der Waals surface area contributed by atoms with E-state index in [9.17, 15) is 4.79 Å². The Kier molecular flexibility index (Phi) is 5.48. The maximum atomic E-state index is 12.0. The number of nitrogens with one attached hydrogen (secondary N) is 1. The predicted octanol–water partition coefficient (Wildman–Crippen LogP) is 2.89. The van der Waals surface area contributed by atoms with Gasteiger partial charge in [-0.05, 0) is 32.4 Å². The lowest BCUT2D eigenvalue weighted by atomic mass is 10.1. The quantitative estimate of drug-likeness (QED) is 0.891. The minimum Gasteiger partial charge on any atom is -0.493 e. The van der Waals surface area contributed by atoms with E-state index in [-0.39, 0.29) is 6.03 Å². The van der Waals surface area contributed by atoms with Gasteiger partial charge in [-0.25, -0.2) is 4.79 Å². The lowest BCUT2D eigenvalue weighted by molar-refractivity contribution is 0.217. The summed E-state index contributed by atoms with van der Waals surface area (Å²) in [6, 6.07) is 3.51. The summed E-state index contributed by atoms with van der Waals surface area (Å²) in [7, 11) is 3.16. The van der Waals surface area contributed by atoms with Crippen molar-refractivity contribution in [1.29, 1.82) is 0 Å².